The maximum atomic E-state index is 12.5. The first-order valence-electron chi connectivity index (χ1n) is 8.26. The van der Waals surface area contributed by atoms with Crippen molar-refractivity contribution in [2.75, 3.05) is 6.54 Å². The van der Waals surface area contributed by atoms with Crippen molar-refractivity contribution in [3.8, 4) is 0 Å². The van der Waals surface area contributed by atoms with E-state index in [1.165, 1.54) is 5.69 Å². The predicted octanol–water partition coefficient (Wildman–Crippen LogP) is 4.12. The molecule has 1 aliphatic rings. The van der Waals surface area contributed by atoms with Crippen molar-refractivity contribution in [2.24, 2.45) is 7.05 Å². The summed E-state index contributed by atoms with van der Waals surface area (Å²) in [7, 11) is 2.08. The summed E-state index contributed by atoms with van der Waals surface area (Å²) in [6.45, 7) is 1.66. The zero-order valence-electron chi connectivity index (χ0n) is 13.8. The van der Waals surface area contributed by atoms with E-state index in [-0.39, 0.29) is 5.56 Å². The van der Waals surface area contributed by atoms with E-state index in [1.54, 1.807) is 6.07 Å². The summed E-state index contributed by atoms with van der Waals surface area (Å²) in [6, 6.07) is 8.35. The molecule has 1 fully saturated rings. The minimum Gasteiger partial charge on any atom is -0.353 e. The summed E-state index contributed by atoms with van der Waals surface area (Å²) in [5, 5.41) is 0.588. The van der Waals surface area contributed by atoms with Crippen molar-refractivity contribution in [1.82, 2.24) is 19.4 Å². The van der Waals surface area contributed by atoms with Gasteiger partial charge in [-0.05, 0) is 59.6 Å². The Labute approximate surface area is 162 Å². The number of H-pyrrole nitrogens is 1. The number of aryl methyl sites for hydroxylation is 1. The Morgan fingerprint density at radius 3 is 2.96 bits per heavy atom. The van der Waals surface area contributed by atoms with Gasteiger partial charge in [-0.3, -0.25) is 9.69 Å². The lowest BCUT2D eigenvalue weighted by molar-refractivity contribution is 0.235. The molecule has 1 N–H and O–H groups in total. The summed E-state index contributed by atoms with van der Waals surface area (Å²) in [5.74, 6) is 0.710. The molecular weight excluding hydrogens is 448 g/mol. The monoisotopic (exact) mass is 464 g/mol. The molecule has 0 radical (unpaired) electrons. The van der Waals surface area contributed by atoms with Crippen LogP contribution < -0.4 is 5.56 Å². The van der Waals surface area contributed by atoms with Gasteiger partial charge in [-0.2, -0.15) is 0 Å². The Morgan fingerprint density at radius 1 is 1.36 bits per heavy atom. The molecule has 7 heteroatoms. The molecule has 2 aromatic heterocycles. The minimum absolute atomic E-state index is 0.100. The number of halogens is 2. The van der Waals surface area contributed by atoms with Crippen LogP contribution in [0.25, 0.3) is 10.9 Å². The van der Waals surface area contributed by atoms with Gasteiger partial charge in [0.2, 0.25) is 0 Å². The van der Waals surface area contributed by atoms with Crippen LogP contribution in [-0.4, -0.2) is 26.0 Å². The van der Waals surface area contributed by atoms with Crippen molar-refractivity contribution >= 4 is 42.8 Å². The van der Waals surface area contributed by atoms with E-state index in [2.05, 4.69) is 71.7 Å². The first kappa shape index (κ1) is 17.0. The standard InChI is InChI=1S/C18H18Br2N4O/c1-23-6-2-4-14(23)15-5-3-7-24(15)10-16-21-17-12(18(25)22-16)8-11(19)9-13(17)20/h2,4,6,8-9,15H,3,5,7,10H2,1H3,(H,21,22,25)/t15-/m0/s1. The van der Waals surface area contributed by atoms with Crippen LogP contribution in [0.3, 0.4) is 0 Å². The Morgan fingerprint density at radius 2 is 2.20 bits per heavy atom. The van der Waals surface area contributed by atoms with Crippen molar-refractivity contribution in [2.45, 2.75) is 25.4 Å². The van der Waals surface area contributed by atoms with E-state index >= 15 is 0 Å². The molecule has 0 amide bonds. The van der Waals surface area contributed by atoms with E-state index in [4.69, 9.17) is 4.98 Å². The SMILES string of the molecule is Cn1cccc1[C@@H]1CCCN1Cc1nc2c(Br)cc(Br)cc2c(=O)[nH]1. The molecule has 0 spiro atoms. The lowest BCUT2D eigenvalue weighted by Gasteiger charge is -2.24. The van der Waals surface area contributed by atoms with Gasteiger partial charge in [0, 0.05) is 27.9 Å². The third-order valence-electron chi connectivity index (χ3n) is 4.82. The highest BCUT2D eigenvalue weighted by Gasteiger charge is 2.28. The molecule has 0 aliphatic carbocycles. The maximum absolute atomic E-state index is 12.5. The number of hydrogen-bond donors (Lipinski definition) is 1. The third kappa shape index (κ3) is 3.20. The fourth-order valence-corrected chi connectivity index (χ4v) is 4.97. The lowest BCUT2D eigenvalue weighted by Crippen LogP contribution is -2.26. The van der Waals surface area contributed by atoms with E-state index < -0.39 is 0 Å². The lowest BCUT2D eigenvalue weighted by atomic mass is 10.1. The van der Waals surface area contributed by atoms with Gasteiger partial charge in [0.15, 0.2) is 0 Å². The van der Waals surface area contributed by atoms with Gasteiger partial charge in [0.25, 0.3) is 5.56 Å². The Kier molecular flexibility index (Phi) is 4.56. The first-order valence-corrected chi connectivity index (χ1v) is 9.85. The molecular formula is C18H18Br2N4O. The normalized spacial score (nSPS) is 18.3. The second-order valence-corrected chi connectivity index (χ2v) is 8.24. The van der Waals surface area contributed by atoms with E-state index in [9.17, 15) is 4.79 Å². The van der Waals surface area contributed by atoms with Crippen molar-refractivity contribution < 1.29 is 0 Å². The van der Waals surface area contributed by atoms with Crippen LogP contribution in [0.15, 0.2) is 44.2 Å². The number of aromatic nitrogens is 3. The Balaban J connectivity index is 1.69. The highest BCUT2D eigenvalue weighted by atomic mass is 79.9. The summed E-state index contributed by atoms with van der Waals surface area (Å²) in [4.78, 5) is 22.5. The number of rotatable bonds is 3. The second-order valence-electron chi connectivity index (χ2n) is 6.47. The van der Waals surface area contributed by atoms with Crippen LogP contribution in [0.1, 0.15) is 30.4 Å². The topological polar surface area (TPSA) is 53.9 Å². The van der Waals surface area contributed by atoms with E-state index in [0.29, 0.717) is 29.3 Å². The summed E-state index contributed by atoms with van der Waals surface area (Å²) in [6.07, 6.45) is 4.37. The fraction of sp³-hybridized carbons (Fsp3) is 0.333. The van der Waals surface area contributed by atoms with Crippen LogP contribution in [0.2, 0.25) is 0 Å². The molecule has 1 aromatic carbocycles. The third-order valence-corrected chi connectivity index (χ3v) is 5.88. The van der Waals surface area contributed by atoms with Crippen LogP contribution in [-0.2, 0) is 13.6 Å². The van der Waals surface area contributed by atoms with Crippen molar-refractivity contribution in [3.63, 3.8) is 0 Å². The number of aromatic amines is 1. The van der Waals surface area contributed by atoms with Gasteiger partial charge in [0.05, 0.1) is 23.5 Å². The van der Waals surface area contributed by atoms with Crippen LogP contribution >= 0.6 is 31.9 Å². The molecule has 3 aromatic rings. The van der Waals surface area contributed by atoms with Gasteiger partial charge in [-0.1, -0.05) is 15.9 Å². The maximum Gasteiger partial charge on any atom is 0.258 e. The number of hydrogen-bond acceptors (Lipinski definition) is 3. The van der Waals surface area contributed by atoms with Crippen LogP contribution in [0.4, 0.5) is 0 Å². The first-order chi connectivity index (χ1) is 12.0. The van der Waals surface area contributed by atoms with Gasteiger partial charge in [-0.15, -0.1) is 0 Å². The van der Waals surface area contributed by atoms with Crippen molar-refractivity contribution in [3.05, 3.63) is 61.3 Å². The zero-order chi connectivity index (χ0) is 17.6. The van der Waals surface area contributed by atoms with Gasteiger partial charge in [0.1, 0.15) is 5.82 Å². The quantitative estimate of drug-likeness (QED) is 0.632. The molecule has 0 saturated carbocycles. The number of nitrogens with zero attached hydrogens (tertiary/aromatic N) is 3. The largest absolute Gasteiger partial charge is 0.353 e. The highest BCUT2D eigenvalue weighted by Crippen LogP contribution is 2.33. The highest BCUT2D eigenvalue weighted by molar-refractivity contribution is 9.11. The van der Waals surface area contributed by atoms with Crippen LogP contribution in [0, 0.1) is 0 Å². The van der Waals surface area contributed by atoms with E-state index in [1.807, 2.05) is 6.07 Å². The smallest absolute Gasteiger partial charge is 0.258 e. The molecule has 4 rings (SSSR count). The van der Waals surface area contributed by atoms with Gasteiger partial charge < -0.3 is 9.55 Å². The number of likely N-dealkylation sites (tertiary alicyclic amines) is 1. The number of benzene rings is 1. The summed E-state index contributed by atoms with van der Waals surface area (Å²) >= 11 is 6.94. The summed E-state index contributed by atoms with van der Waals surface area (Å²) in [5.41, 5.74) is 1.92. The number of fused-ring (bicyclic) bond motifs is 1. The molecule has 5 nitrogen and oxygen atoms in total. The Hall–Kier alpha value is -1.44. The second kappa shape index (κ2) is 6.70. The average Bonchev–Trinajstić information content (AvgIpc) is 3.17. The fourth-order valence-electron chi connectivity index (χ4n) is 3.65. The minimum atomic E-state index is -0.100. The molecule has 1 atom stereocenters. The van der Waals surface area contributed by atoms with Gasteiger partial charge >= 0.3 is 0 Å². The zero-order valence-corrected chi connectivity index (χ0v) is 17.0. The predicted molar refractivity (Wildman–Crippen MR) is 106 cm³/mol. The molecule has 1 saturated heterocycles. The average molecular weight is 466 g/mol. The molecule has 25 heavy (non-hydrogen) atoms. The molecule has 130 valence electrons. The number of nitrogens with one attached hydrogen (secondary N) is 1. The van der Waals surface area contributed by atoms with Crippen LogP contribution in [0.5, 0.6) is 0 Å². The summed E-state index contributed by atoms with van der Waals surface area (Å²) < 4.78 is 3.85. The molecule has 3 heterocycles. The van der Waals surface area contributed by atoms with Crippen molar-refractivity contribution in [1.29, 1.82) is 0 Å². The van der Waals surface area contributed by atoms with E-state index in [0.717, 1.165) is 28.3 Å². The van der Waals surface area contributed by atoms with Gasteiger partial charge in [-0.25, -0.2) is 4.98 Å². The molecule has 0 bridgehead atoms. The molecule has 1 aliphatic heterocycles. The Bertz CT molecular complexity index is 994. The molecule has 0 unspecified atom stereocenters.